The maximum atomic E-state index is 10.4. The summed E-state index contributed by atoms with van der Waals surface area (Å²) in [5.74, 6) is -0.239. The molecule has 0 bridgehead atoms. The maximum Gasteiger partial charge on any atom is 0.320 e. The zero-order valence-corrected chi connectivity index (χ0v) is 7.52. The largest absolute Gasteiger partial charge is 0.480 e. The molecular weight excluding hydrogens is 166 g/mol. The van der Waals surface area contributed by atoms with Crippen molar-refractivity contribution < 1.29 is 9.90 Å². The average Bonchev–Trinajstić information content (AvgIpc) is 2.13. The van der Waals surface area contributed by atoms with Crippen LogP contribution in [0.2, 0.25) is 0 Å². The van der Waals surface area contributed by atoms with Crippen LogP contribution in [0, 0.1) is 5.92 Å². The summed E-state index contributed by atoms with van der Waals surface area (Å²) in [7, 11) is 0. The first-order valence-corrected chi connectivity index (χ1v) is 3.60. The number of halogens is 1. The van der Waals surface area contributed by atoms with E-state index < -0.39 is 5.97 Å². The first-order chi connectivity index (χ1) is 4.61. The van der Waals surface area contributed by atoms with Gasteiger partial charge in [0, 0.05) is 6.04 Å². The number of nitrogens with one attached hydrogen (secondary N) is 1. The van der Waals surface area contributed by atoms with E-state index in [0.717, 1.165) is 6.42 Å². The van der Waals surface area contributed by atoms with E-state index in [2.05, 4.69) is 12.2 Å². The number of hydrogen-bond donors (Lipinski definition) is 2. The molecule has 1 heterocycles. The molecule has 2 N–H and O–H groups in total. The van der Waals surface area contributed by atoms with Gasteiger partial charge >= 0.3 is 5.97 Å². The summed E-state index contributed by atoms with van der Waals surface area (Å²) in [4.78, 5) is 10.4. The van der Waals surface area contributed by atoms with Crippen LogP contribution >= 0.6 is 12.4 Å². The molecule has 0 aromatic carbocycles. The van der Waals surface area contributed by atoms with Crippen LogP contribution in [0.25, 0.3) is 0 Å². The Morgan fingerprint density at radius 2 is 2.09 bits per heavy atom. The lowest BCUT2D eigenvalue weighted by Gasteiger charge is -2.06. The van der Waals surface area contributed by atoms with Gasteiger partial charge in [-0.15, -0.1) is 12.4 Å². The molecular formula is C7H14ClNO2. The van der Waals surface area contributed by atoms with Crippen LogP contribution in [-0.4, -0.2) is 23.2 Å². The van der Waals surface area contributed by atoms with Crippen LogP contribution in [0.15, 0.2) is 0 Å². The standard InChI is InChI=1S/C7H13NO2.ClH/c1-4-3-6(7(9)10)8-5(4)2;/h4-6,8H,3H2,1-2H3,(H,9,10);1H. The molecule has 1 rings (SSSR count). The van der Waals surface area contributed by atoms with E-state index in [4.69, 9.17) is 5.11 Å². The van der Waals surface area contributed by atoms with Gasteiger partial charge in [-0.2, -0.15) is 0 Å². The molecule has 1 fully saturated rings. The smallest absolute Gasteiger partial charge is 0.320 e. The van der Waals surface area contributed by atoms with E-state index in [1.165, 1.54) is 0 Å². The van der Waals surface area contributed by atoms with Crippen LogP contribution in [-0.2, 0) is 4.79 Å². The lowest BCUT2D eigenvalue weighted by Crippen LogP contribution is -2.34. The zero-order chi connectivity index (χ0) is 7.72. The molecule has 4 heteroatoms. The second kappa shape index (κ2) is 3.93. The second-order valence-electron chi connectivity index (χ2n) is 3.06. The van der Waals surface area contributed by atoms with Crippen LogP contribution < -0.4 is 5.32 Å². The Morgan fingerprint density at radius 3 is 2.27 bits per heavy atom. The highest BCUT2D eigenvalue weighted by atomic mass is 35.5. The highest BCUT2D eigenvalue weighted by molar-refractivity contribution is 5.85. The highest BCUT2D eigenvalue weighted by Crippen LogP contribution is 2.18. The highest BCUT2D eigenvalue weighted by Gasteiger charge is 2.31. The Hall–Kier alpha value is -0.280. The molecule has 3 unspecified atom stereocenters. The van der Waals surface area contributed by atoms with Crippen LogP contribution in [0.1, 0.15) is 20.3 Å². The summed E-state index contributed by atoms with van der Waals surface area (Å²) >= 11 is 0. The third-order valence-electron chi connectivity index (χ3n) is 2.22. The third-order valence-corrected chi connectivity index (χ3v) is 2.22. The van der Waals surface area contributed by atoms with Gasteiger partial charge in [0.15, 0.2) is 0 Å². The van der Waals surface area contributed by atoms with E-state index in [1.54, 1.807) is 0 Å². The van der Waals surface area contributed by atoms with Crippen molar-refractivity contribution in [3.8, 4) is 0 Å². The fourth-order valence-electron chi connectivity index (χ4n) is 1.30. The van der Waals surface area contributed by atoms with E-state index in [-0.39, 0.29) is 18.4 Å². The van der Waals surface area contributed by atoms with Gasteiger partial charge in [-0.05, 0) is 19.3 Å². The summed E-state index contributed by atoms with van der Waals surface area (Å²) in [6.07, 6.45) is 0.760. The topological polar surface area (TPSA) is 49.3 Å². The Kier molecular flexibility index (Phi) is 3.83. The summed E-state index contributed by atoms with van der Waals surface area (Å²) in [6, 6.07) is 0.0334. The van der Waals surface area contributed by atoms with E-state index >= 15 is 0 Å². The fourth-order valence-corrected chi connectivity index (χ4v) is 1.30. The second-order valence-corrected chi connectivity index (χ2v) is 3.06. The number of carboxylic acids is 1. The van der Waals surface area contributed by atoms with Gasteiger partial charge in [-0.25, -0.2) is 0 Å². The summed E-state index contributed by atoms with van der Waals surface area (Å²) in [6.45, 7) is 4.09. The number of hydrogen-bond acceptors (Lipinski definition) is 2. The first-order valence-electron chi connectivity index (χ1n) is 3.60. The monoisotopic (exact) mass is 179 g/mol. The van der Waals surface area contributed by atoms with Gasteiger partial charge < -0.3 is 10.4 Å². The number of aliphatic carboxylic acids is 1. The lowest BCUT2D eigenvalue weighted by molar-refractivity contribution is -0.139. The molecule has 0 saturated carbocycles. The Balaban J connectivity index is 0.000001000. The molecule has 0 spiro atoms. The molecule has 11 heavy (non-hydrogen) atoms. The van der Waals surface area contributed by atoms with Crippen molar-refractivity contribution in [1.29, 1.82) is 0 Å². The van der Waals surface area contributed by atoms with Crippen molar-refractivity contribution in [1.82, 2.24) is 5.32 Å². The van der Waals surface area contributed by atoms with Crippen molar-refractivity contribution >= 4 is 18.4 Å². The van der Waals surface area contributed by atoms with Crippen molar-refractivity contribution in [2.45, 2.75) is 32.4 Å². The van der Waals surface area contributed by atoms with Gasteiger partial charge in [0.05, 0.1) is 0 Å². The quantitative estimate of drug-likeness (QED) is 0.629. The Labute approximate surface area is 72.6 Å². The van der Waals surface area contributed by atoms with E-state index in [9.17, 15) is 4.79 Å². The third kappa shape index (κ3) is 2.34. The number of carboxylic acid groups (broad SMARTS) is 1. The molecule has 0 radical (unpaired) electrons. The Morgan fingerprint density at radius 1 is 1.55 bits per heavy atom. The molecule has 3 nitrogen and oxygen atoms in total. The molecule has 0 aromatic rings. The van der Waals surface area contributed by atoms with Gasteiger partial charge in [-0.1, -0.05) is 6.92 Å². The molecule has 0 aromatic heterocycles. The van der Waals surface area contributed by atoms with Crippen molar-refractivity contribution in [2.24, 2.45) is 5.92 Å². The first kappa shape index (κ1) is 10.7. The molecule has 1 aliphatic heterocycles. The summed E-state index contributed by atoms with van der Waals surface area (Å²) in [5.41, 5.74) is 0. The Bertz CT molecular complexity index is 141. The molecule has 0 aliphatic carbocycles. The van der Waals surface area contributed by atoms with Crippen LogP contribution in [0.5, 0.6) is 0 Å². The number of rotatable bonds is 1. The lowest BCUT2D eigenvalue weighted by atomic mass is 10.0. The van der Waals surface area contributed by atoms with Crippen LogP contribution in [0.4, 0.5) is 0 Å². The normalized spacial score (nSPS) is 36.4. The minimum absolute atomic E-state index is 0. The van der Waals surface area contributed by atoms with Gasteiger partial charge in [-0.3, -0.25) is 4.79 Å². The van der Waals surface area contributed by atoms with E-state index in [0.29, 0.717) is 12.0 Å². The van der Waals surface area contributed by atoms with Gasteiger partial charge in [0.1, 0.15) is 6.04 Å². The molecule has 3 atom stereocenters. The van der Waals surface area contributed by atoms with E-state index in [1.807, 2.05) is 6.92 Å². The minimum atomic E-state index is -0.726. The molecule has 1 aliphatic rings. The van der Waals surface area contributed by atoms with Crippen molar-refractivity contribution in [3.05, 3.63) is 0 Å². The van der Waals surface area contributed by atoms with Crippen LogP contribution in [0.3, 0.4) is 0 Å². The fraction of sp³-hybridized carbons (Fsp3) is 0.857. The zero-order valence-electron chi connectivity index (χ0n) is 6.70. The summed E-state index contributed by atoms with van der Waals surface area (Å²) < 4.78 is 0. The van der Waals surface area contributed by atoms with Gasteiger partial charge in [0.2, 0.25) is 0 Å². The van der Waals surface area contributed by atoms with Crippen molar-refractivity contribution in [3.63, 3.8) is 0 Å². The maximum absolute atomic E-state index is 10.4. The predicted molar refractivity (Wildman–Crippen MR) is 45.1 cm³/mol. The minimum Gasteiger partial charge on any atom is -0.480 e. The predicted octanol–water partition coefficient (Wildman–Crippen LogP) is 0.879. The molecule has 66 valence electrons. The number of carbonyl (C=O) groups is 1. The molecule has 0 amide bonds. The van der Waals surface area contributed by atoms with Gasteiger partial charge in [0.25, 0.3) is 0 Å². The summed E-state index contributed by atoms with van der Waals surface area (Å²) in [5, 5.41) is 11.6. The molecule has 1 saturated heterocycles. The van der Waals surface area contributed by atoms with Crippen molar-refractivity contribution in [2.75, 3.05) is 0 Å². The average molecular weight is 180 g/mol. The SMILES string of the molecule is CC1CC(C(=O)O)NC1C.Cl.